The second-order valence-electron chi connectivity index (χ2n) is 5.97. The van der Waals surface area contributed by atoms with E-state index in [1.54, 1.807) is 0 Å². The number of fused-ring (bicyclic) bond motifs is 1. The van der Waals surface area contributed by atoms with E-state index >= 15 is 0 Å². The van der Waals surface area contributed by atoms with Crippen LogP contribution in [0.1, 0.15) is 43.9 Å². The minimum Gasteiger partial charge on any atom is -0.458 e. The van der Waals surface area contributed by atoms with Gasteiger partial charge in [-0.25, -0.2) is 0 Å². The third-order valence-electron chi connectivity index (χ3n) is 3.68. The summed E-state index contributed by atoms with van der Waals surface area (Å²) in [5.41, 5.74) is 2.18. The Morgan fingerprint density at radius 1 is 1.40 bits per heavy atom. The van der Waals surface area contributed by atoms with Crippen molar-refractivity contribution in [2.45, 2.75) is 39.2 Å². The monoisotopic (exact) mass is 355 g/mol. The van der Waals surface area contributed by atoms with Gasteiger partial charge in [0.15, 0.2) is 5.58 Å². The van der Waals surface area contributed by atoms with E-state index in [0.717, 1.165) is 28.9 Å². The molecular formula is C16H19BrClNO. The largest absolute Gasteiger partial charge is 0.458 e. The van der Waals surface area contributed by atoms with E-state index in [0.29, 0.717) is 16.9 Å². The molecule has 1 fully saturated rings. The molecule has 3 rings (SSSR count). The Kier molecular flexibility index (Phi) is 4.11. The normalized spacial score (nSPS) is 15.4. The van der Waals surface area contributed by atoms with Gasteiger partial charge in [-0.15, -0.1) is 0 Å². The number of furan rings is 1. The van der Waals surface area contributed by atoms with E-state index in [9.17, 15) is 0 Å². The van der Waals surface area contributed by atoms with E-state index in [-0.39, 0.29) is 0 Å². The number of halogens is 2. The van der Waals surface area contributed by atoms with Gasteiger partial charge in [0.2, 0.25) is 0 Å². The molecule has 0 amide bonds. The number of nitrogens with one attached hydrogen (secondary N) is 1. The van der Waals surface area contributed by atoms with Crippen LogP contribution in [0.2, 0.25) is 5.02 Å². The van der Waals surface area contributed by atoms with Crippen molar-refractivity contribution in [3.8, 4) is 0 Å². The highest BCUT2D eigenvalue weighted by molar-refractivity contribution is 9.10. The van der Waals surface area contributed by atoms with E-state index in [1.807, 2.05) is 12.1 Å². The maximum absolute atomic E-state index is 6.29. The molecule has 0 unspecified atom stereocenters. The molecule has 108 valence electrons. The molecule has 0 saturated heterocycles. The van der Waals surface area contributed by atoms with Crippen molar-refractivity contribution in [3.05, 3.63) is 33.0 Å². The first-order valence-electron chi connectivity index (χ1n) is 7.18. The molecule has 0 bridgehead atoms. The predicted molar refractivity (Wildman–Crippen MR) is 87.4 cm³/mol. The number of rotatable bonds is 5. The SMILES string of the molecule is CC(C)CNCc1oc2c(Cl)ccc(Br)c2c1C1CC1. The predicted octanol–water partition coefficient (Wildman–Crippen LogP) is 5.47. The highest BCUT2D eigenvalue weighted by Crippen LogP contribution is 2.49. The molecule has 1 heterocycles. The summed E-state index contributed by atoms with van der Waals surface area (Å²) < 4.78 is 7.15. The lowest BCUT2D eigenvalue weighted by Crippen LogP contribution is -2.19. The van der Waals surface area contributed by atoms with Crippen molar-refractivity contribution >= 4 is 38.5 Å². The fourth-order valence-electron chi connectivity index (χ4n) is 2.61. The van der Waals surface area contributed by atoms with Crippen molar-refractivity contribution in [1.82, 2.24) is 5.32 Å². The van der Waals surface area contributed by atoms with Crippen LogP contribution in [0.15, 0.2) is 21.0 Å². The van der Waals surface area contributed by atoms with Gasteiger partial charge >= 0.3 is 0 Å². The Labute approximate surface area is 133 Å². The van der Waals surface area contributed by atoms with Crippen LogP contribution >= 0.6 is 27.5 Å². The first-order chi connectivity index (χ1) is 9.58. The van der Waals surface area contributed by atoms with Crippen LogP contribution < -0.4 is 5.32 Å². The zero-order valence-corrected chi connectivity index (χ0v) is 14.1. The van der Waals surface area contributed by atoms with Crippen molar-refractivity contribution in [1.29, 1.82) is 0 Å². The molecule has 1 aliphatic rings. The smallest absolute Gasteiger partial charge is 0.154 e. The lowest BCUT2D eigenvalue weighted by atomic mass is 10.1. The van der Waals surface area contributed by atoms with E-state index in [2.05, 4.69) is 35.1 Å². The minimum atomic E-state index is 0.638. The van der Waals surface area contributed by atoms with Gasteiger partial charge in [0, 0.05) is 15.4 Å². The molecule has 1 N–H and O–H groups in total. The molecule has 1 aromatic heterocycles. The molecule has 1 aliphatic carbocycles. The molecule has 1 aromatic carbocycles. The molecule has 2 nitrogen and oxygen atoms in total. The average molecular weight is 357 g/mol. The summed E-state index contributed by atoms with van der Waals surface area (Å²) in [6, 6.07) is 3.90. The summed E-state index contributed by atoms with van der Waals surface area (Å²) in [6.07, 6.45) is 2.51. The minimum absolute atomic E-state index is 0.638. The Balaban J connectivity index is 2.00. The molecule has 20 heavy (non-hydrogen) atoms. The Bertz CT molecular complexity index is 631. The van der Waals surface area contributed by atoms with Crippen LogP contribution in [-0.4, -0.2) is 6.54 Å². The fraction of sp³-hybridized carbons (Fsp3) is 0.500. The third-order valence-corrected chi connectivity index (χ3v) is 4.64. The van der Waals surface area contributed by atoms with E-state index in [4.69, 9.17) is 16.0 Å². The summed E-state index contributed by atoms with van der Waals surface area (Å²) in [5, 5.41) is 5.33. The van der Waals surface area contributed by atoms with Crippen LogP contribution in [0.4, 0.5) is 0 Å². The van der Waals surface area contributed by atoms with Gasteiger partial charge in [-0.1, -0.05) is 41.4 Å². The molecule has 2 aromatic rings. The fourth-order valence-corrected chi connectivity index (χ4v) is 3.33. The van der Waals surface area contributed by atoms with Gasteiger partial charge in [-0.2, -0.15) is 0 Å². The highest BCUT2D eigenvalue weighted by atomic mass is 79.9. The van der Waals surface area contributed by atoms with Gasteiger partial charge in [-0.3, -0.25) is 0 Å². The van der Waals surface area contributed by atoms with E-state index in [1.165, 1.54) is 23.8 Å². The Morgan fingerprint density at radius 2 is 2.15 bits per heavy atom. The second-order valence-corrected chi connectivity index (χ2v) is 7.23. The number of hydrogen-bond acceptors (Lipinski definition) is 2. The van der Waals surface area contributed by atoms with Gasteiger partial charge in [0.25, 0.3) is 0 Å². The first kappa shape index (κ1) is 14.4. The molecule has 0 radical (unpaired) electrons. The maximum atomic E-state index is 6.29. The quantitative estimate of drug-likeness (QED) is 0.768. The zero-order valence-electron chi connectivity index (χ0n) is 11.8. The summed E-state index contributed by atoms with van der Waals surface area (Å²) in [7, 11) is 0. The molecular weight excluding hydrogens is 338 g/mol. The van der Waals surface area contributed by atoms with Crippen molar-refractivity contribution < 1.29 is 4.42 Å². The van der Waals surface area contributed by atoms with Crippen molar-refractivity contribution in [2.24, 2.45) is 5.92 Å². The highest BCUT2D eigenvalue weighted by Gasteiger charge is 2.32. The summed E-state index contributed by atoms with van der Waals surface area (Å²) >= 11 is 9.93. The van der Waals surface area contributed by atoms with E-state index < -0.39 is 0 Å². The van der Waals surface area contributed by atoms with Crippen LogP contribution in [-0.2, 0) is 6.54 Å². The van der Waals surface area contributed by atoms with Crippen molar-refractivity contribution in [3.63, 3.8) is 0 Å². The van der Waals surface area contributed by atoms with Gasteiger partial charge in [0.1, 0.15) is 5.76 Å². The number of hydrogen-bond donors (Lipinski definition) is 1. The van der Waals surface area contributed by atoms with Crippen LogP contribution in [0.3, 0.4) is 0 Å². The zero-order chi connectivity index (χ0) is 14.3. The van der Waals surface area contributed by atoms with Crippen LogP contribution in [0.5, 0.6) is 0 Å². The average Bonchev–Trinajstić information content (AvgIpc) is 3.15. The summed E-state index contributed by atoms with van der Waals surface area (Å²) in [6.45, 7) is 6.19. The number of benzene rings is 1. The van der Waals surface area contributed by atoms with Crippen molar-refractivity contribution in [2.75, 3.05) is 6.54 Å². The van der Waals surface area contributed by atoms with Gasteiger partial charge in [0.05, 0.1) is 11.6 Å². The Morgan fingerprint density at radius 3 is 2.80 bits per heavy atom. The molecule has 0 atom stereocenters. The molecule has 4 heteroatoms. The standard InChI is InChI=1S/C16H19BrClNO/c1-9(2)7-19-8-13-14(10-3-4-10)15-11(17)5-6-12(18)16(15)20-13/h5-6,9-10,19H,3-4,7-8H2,1-2H3. The molecule has 0 spiro atoms. The lowest BCUT2D eigenvalue weighted by Gasteiger charge is -2.07. The molecule has 1 saturated carbocycles. The topological polar surface area (TPSA) is 25.2 Å². The maximum Gasteiger partial charge on any atom is 0.154 e. The first-order valence-corrected chi connectivity index (χ1v) is 8.35. The molecule has 0 aliphatic heterocycles. The van der Waals surface area contributed by atoms with Gasteiger partial charge < -0.3 is 9.73 Å². The second kappa shape index (κ2) is 5.70. The summed E-state index contributed by atoms with van der Waals surface area (Å²) in [4.78, 5) is 0. The summed E-state index contributed by atoms with van der Waals surface area (Å²) in [5.74, 6) is 2.33. The third kappa shape index (κ3) is 2.76. The van der Waals surface area contributed by atoms with Gasteiger partial charge in [-0.05, 0) is 43.4 Å². The van der Waals surface area contributed by atoms with Crippen LogP contribution in [0.25, 0.3) is 11.0 Å². The van der Waals surface area contributed by atoms with Crippen LogP contribution in [0, 0.1) is 5.92 Å². The Hall–Kier alpha value is -0.510. The lowest BCUT2D eigenvalue weighted by molar-refractivity contribution is 0.481.